The highest BCUT2D eigenvalue weighted by molar-refractivity contribution is 5.78. The SMILES string of the molecule is CCC(NC(=O)C(C)Cn1cncn1)c1ccc(OC)cc1. The van der Waals surface area contributed by atoms with E-state index in [0.29, 0.717) is 6.54 Å². The highest BCUT2D eigenvalue weighted by atomic mass is 16.5. The molecule has 6 nitrogen and oxygen atoms in total. The number of nitrogens with zero attached hydrogens (tertiary/aromatic N) is 3. The summed E-state index contributed by atoms with van der Waals surface area (Å²) in [7, 11) is 1.64. The molecule has 0 radical (unpaired) electrons. The second-order valence-electron chi connectivity index (χ2n) is 5.26. The van der Waals surface area contributed by atoms with Crippen LogP contribution in [0.5, 0.6) is 5.75 Å². The molecule has 1 aromatic heterocycles. The summed E-state index contributed by atoms with van der Waals surface area (Å²) in [5.74, 6) is 0.650. The summed E-state index contributed by atoms with van der Waals surface area (Å²) in [6.45, 7) is 4.46. The van der Waals surface area contributed by atoms with Crippen molar-refractivity contribution in [3.05, 3.63) is 42.5 Å². The van der Waals surface area contributed by atoms with Gasteiger partial charge in [-0.3, -0.25) is 9.48 Å². The second kappa shape index (κ2) is 7.59. The van der Waals surface area contributed by atoms with Crippen molar-refractivity contribution >= 4 is 5.91 Å². The van der Waals surface area contributed by atoms with Gasteiger partial charge >= 0.3 is 0 Å². The first-order valence-corrected chi connectivity index (χ1v) is 7.40. The Kier molecular flexibility index (Phi) is 5.52. The molecule has 0 saturated carbocycles. The Balaban J connectivity index is 1.97. The lowest BCUT2D eigenvalue weighted by Gasteiger charge is -2.20. The summed E-state index contributed by atoms with van der Waals surface area (Å²) < 4.78 is 6.82. The minimum absolute atomic E-state index is 0.00315. The Hall–Kier alpha value is -2.37. The second-order valence-corrected chi connectivity index (χ2v) is 5.26. The molecular weight excluding hydrogens is 280 g/mol. The molecule has 1 N–H and O–H groups in total. The summed E-state index contributed by atoms with van der Waals surface area (Å²) in [5, 5.41) is 7.12. The molecular formula is C16H22N4O2. The van der Waals surface area contributed by atoms with Crippen molar-refractivity contribution in [2.75, 3.05) is 7.11 Å². The third-order valence-electron chi connectivity index (χ3n) is 3.62. The molecule has 0 aliphatic carbocycles. The van der Waals surface area contributed by atoms with E-state index in [9.17, 15) is 4.79 Å². The predicted molar refractivity (Wildman–Crippen MR) is 83.4 cm³/mol. The average molecular weight is 302 g/mol. The van der Waals surface area contributed by atoms with Gasteiger partial charge in [-0.15, -0.1) is 0 Å². The minimum Gasteiger partial charge on any atom is -0.497 e. The Morgan fingerprint density at radius 3 is 2.64 bits per heavy atom. The Bertz CT molecular complexity index is 581. The van der Waals surface area contributed by atoms with Gasteiger partial charge in [0.1, 0.15) is 18.4 Å². The van der Waals surface area contributed by atoms with Gasteiger partial charge < -0.3 is 10.1 Å². The van der Waals surface area contributed by atoms with Gasteiger partial charge in [0.05, 0.1) is 25.6 Å². The fourth-order valence-electron chi connectivity index (χ4n) is 2.26. The first kappa shape index (κ1) is 16.0. The van der Waals surface area contributed by atoms with E-state index in [4.69, 9.17) is 4.74 Å². The fraction of sp³-hybridized carbons (Fsp3) is 0.438. The third kappa shape index (κ3) is 4.07. The van der Waals surface area contributed by atoms with Crippen molar-refractivity contribution in [3.63, 3.8) is 0 Å². The zero-order valence-electron chi connectivity index (χ0n) is 13.2. The first-order chi connectivity index (χ1) is 10.6. The van der Waals surface area contributed by atoms with Crippen molar-refractivity contribution in [3.8, 4) is 5.75 Å². The van der Waals surface area contributed by atoms with Gasteiger partial charge in [-0.05, 0) is 24.1 Å². The van der Waals surface area contributed by atoms with Gasteiger partial charge in [0.15, 0.2) is 0 Å². The normalized spacial score (nSPS) is 13.4. The molecule has 0 aliphatic heterocycles. The van der Waals surface area contributed by atoms with Gasteiger partial charge in [0, 0.05) is 0 Å². The van der Waals surface area contributed by atoms with Gasteiger partial charge in [-0.1, -0.05) is 26.0 Å². The van der Waals surface area contributed by atoms with Crippen molar-refractivity contribution in [1.29, 1.82) is 0 Å². The van der Waals surface area contributed by atoms with Crippen LogP contribution in [0.4, 0.5) is 0 Å². The highest BCUT2D eigenvalue weighted by Gasteiger charge is 2.18. The fourth-order valence-corrected chi connectivity index (χ4v) is 2.26. The van der Waals surface area contributed by atoms with Gasteiger partial charge in [-0.2, -0.15) is 5.10 Å². The standard InChI is InChI=1S/C16H22N4O2/c1-4-15(13-5-7-14(22-3)8-6-13)19-16(21)12(2)9-20-11-17-10-18-20/h5-8,10-12,15H,4,9H2,1-3H3,(H,19,21). The molecule has 1 amide bonds. The monoisotopic (exact) mass is 302 g/mol. The summed E-state index contributed by atoms with van der Waals surface area (Å²) in [6, 6.07) is 7.77. The van der Waals surface area contributed by atoms with Crippen LogP contribution in [-0.2, 0) is 11.3 Å². The lowest BCUT2D eigenvalue weighted by molar-refractivity contribution is -0.125. The number of ether oxygens (including phenoxy) is 1. The van der Waals surface area contributed by atoms with Crippen LogP contribution in [0.2, 0.25) is 0 Å². The quantitative estimate of drug-likeness (QED) is 0.851. The molecule has 0 bridgehead atoms. The van der Waals surface area contributed by atoms with Crippen molar-refractivity contribution in [1.82, 2.24) is 20.1 Å². The molecule has 2 unspecified atom stereocenters. The number of nitrogens with one attached hydrogen (secondary N) is 1. The summed E-state index contributed by atoms with van der Waals surface area (Å²) >= 11 is 0. The van der Waals surface area contributed by atoms with Crippen LogP contribution < -0.4 is 10.1 Å². The summed E-state index contributed by atoms with van der Waals surface area (Å²) in [5.41, 5.74) is 1.07. The van der Waals surface area contributed by atoms with Crippen molar-refractivity contribution in [2.45, 2.75) is 32.9 Å². The van der Waals surface area contributed by atoms with E-state index in [0.717, 1.165) is 17.7 Å². The maximum absolute atomic E-state index is 12.3. The lowest BCUT2D eigenvalue weighted by Crippen LogP contribution is -2.34. The number of benzene rings is 1. The third-order valence-corrected chi connectivity index (χ3v) is 3.62. The smallest absolute Gasteiger partial charge is 0.225 e. The Morgan fingerprint density at radius 1 is 1.36 bits per heavy atom. The lowest BCUT2D eigenvalue weighted by atomic mass is 10.0. The van der Waals surface area contributed by atoms with Gasteiger partial charge in [0.2, 0.25) is 5.91 Å². The van der Waals surface area contributed by atoms with Crippen LogP contribution in [0.3, 0.4) is 0 Å². The number of hydrogen-bond donors (Lipinski definition) is 1. The molecule has 118 valence electrons. The van der Waals surface area contributed by atoms with E-state index in [2.05, 4.69) is 22.3 Å². The van der Waals surface area contributed by atoms with Gasteiger partial charge in [0.25, 0.3) is 0 Å². The van der Waals surface area contributed by atoms with E-state index in [1.807, 2.05) is 31.2 Å². The molecule has 6 heteroatoms. The van der Waals surface area contributed by atoms with E-state index < -0.39 is 0 Å². The molecule has 2 rings (SSSR count). The van der Waals surface area contributed by atoms with Crippen LogP contribution in [-0.4, -0.2) is 27.8 Å². The average Bonchev–Trinajstić information content (AvgIpc) is 3.05. The number of rotatable bonds is 7. The number of methoxy groups -OCH3 is 1. The van der Waals surface area contributed by atoms with Crippen LogP contribution in [0.15, 0.2) is 36.9 Å². The van der Waals surface area contributed by atoms with E-state index in [1.54, 1.807) is 18.1 Å². The zero-order chi connectivity index (χ0) is 15.9. The zero-order valence-corrected chi connectivity index (χ0v) is 13.2. The molecule has 0 spiro atoms. The Labute approximate surface area is 130 Å². The minimum atomic E-state index is -0.172. The molecule has 2 atom stereocenters. The van der Waals surface area contributed by atoms with E-state index in [-0.39, 0.29) is 17.9 Å². The molecule has 0 saturated heterocycles. The summed E-state index contributed by atoms with van der Waals surface area (Å²) in [6.07, 6.45) is 3.91. The topological polar surface area (TPSA) is 69.0 Å². The van der Waals surface area contributed by atoms with E-state index in [1.165, 1.54) is 6.33 Å². The molecule has 0 aliphatic rings. The number of hydrogen-bond acceptors (Lipinski definition) is 4. The molecule has 1 heterocycles. The molecule has 1 aromatic carbocycles. The highest BCUT2D eigenvalue weighted by Crippen LogP contribution is 2.20. The predicted octanol–water partition coefficient (Wildman–Crippen LogP) is 2.19. The summed E-state index contributed by atoms with van der Waals surface area (Å²) in [4.78, 5) is 16.2. The van der Waals surface area contributed by atoms with Crippen LogP contribution in [0, 0.1) is 5.92 Å². The van der Waals surface area contributed by atoms with Crippen molar-refractivity contribution < 1.29 is 9.53 Å². The van der Waals surface area contributed by atoms with Crippen LogP contribution >= 0.6 is 0 Å². The maximum Gasteiger partial charge on any atom is 0.225 e. The van der Waals surface area contributed by atoms with Crippen LogP contribution in [0.25, 0.3) is 0 Å². The van der Waals surface area contributed by atoms with Crippen molar-refractivity contribution in [2.24, 2.45) is 5.92 Å². The maximum atomic E-state index is 12.3. The Morgan fingerprint density at radius 2 is 2.09 bits per heavy atom. The number of carbonyl (C=O) groups is 1. The molecule has 0 fully saturated rings. The largest absolute Gasteiger partial charge is 0.497 e. The first-order valence-electron chi connectivity index (χ1n) is 7.40. The molecule has 2 aromatic rings. The van der Waals surface area contributed by atoms with Crippen LogP contribution in [0.1, 0.15) is 31.9 Å². The number of amides is 1. The number of carbonyl (C=O) groups excluding carboxylic acids is 1. The van der Waals surface area contributed by atoms with E-state index >= 15 is 0 Å². The number of aromatic nitrogens is 3. The van der Waals surface area contributed by atoms with Gasteiger partial charge in [-0.25, -0.2) is 4.98 Å². The molecule has 22 heavy (non-hydrogen) atoms.